The van der Waals surface area contributed by atoms with Crippen LogP contribution in [0.2, 0.25) is 0 Å². The van der Waals surface area contributed by atoms with Crippen molar-refractivity contribution < 1.29 is 33.3 Å². The molecule has 1 saturated heterocycles. The molecule has 1 N–H and O–H groups in total. The summed E-state index contributed by atoms with van der Waals surface area (Å²) < 4.78 is 24.4. The standard InChI is InChI=1S/C50H96N2O7/c1-7-11-15-19-23-25-29-33-36-43(35-31-27-21-17-13-9-3)48(53)58-46-42-56-45(41-57-50(55)51-39-40-52(5)6)47(46)59-49(54)44(37-32-28-22-18-14-10-4)38-34-30-26-24-20-16-12-8-2/h43-47H,7-42H2,1-6H3,(H,51,55)/t43?,44?,45-,46+,47+/m1/s1. The van der Waals surface area contributed by atoms with Gasteiger partial charge in [0.15, 0.2) is 12.2 Å². The highest BCUT2D eigenvalue weighted by molar-refractivity contribution is 5.74. The molecule has 2 unspecified atom stereocenters. The van der Waals surface area contributed by atoms with Crippen LogP contribution in [0, 0.1) is 11.8 Å². The van der Waals surface area contributed by atoms with Crippen molar-refractivity contribution in [3.8, 4) is 0 Å². The molecule has 0 radical (unpaired) electrons. The third-order valence-electron chi connectivity index (χ3n) is 12.2. The van der Waals surface area contributed by atoms with Crippen LogP contribution in [0.5, 0.6) is 0 Å². The van der Waals surface area contributed by atoms with E-state index in [0.29, 0.717) is 13.1 Å². The number of likely N-dealkylation sites (N-methyl/N-ethyl adjacent to an activating group) is 1. The van der Waals surface area contributed by atoms with Gasteiger partial charge in [-0.25, -0.2) is 4.79 Å². The number of amides is 1. The van der Waals surface area contributed by atoms with E-state index in [9.17, 15) is 14.4 Å². The van der Waals surface area contributed by atoms with Crippen molar-refractivity contribution in [2.24, 2.45) is 11.8 Å². The molecule has 59 heavy (non-hydrogen) atoms. The topological polar surface area (TPSA) is 103 Å². The minimum atomic E-state index is -0.829. The lowest BCUT2D eigenvalue weighted by molar-refractivity contribution is -0.172. The van der Waals surface area contributed by atoms with Crippen LogP contribution in [0.4, 0.5) is 4.79 Å². The van der Waals surface area contributed by atoms with Crippen molar-refractivity contribution in [3.05, 3.63) is 0 Å². The van der Waals surface area contributed by atoms with Crippen LogP contribution in [0.1, 0.15) is 233 Å². The molecule has 9 nitrogen and oxygen atoms in total. The lowest BCUT2D eigenvalue weighted by Crippen LogP contribution is -2.43. The largest absolute Gasteiger partial charge is 0.456 e. The molecule has 0 spiro atoms. The summed E-state index contributed by atoms with van der Waals surface area (Å²) in [7, 11) is 3.89. The summed E-state index contributed by atoms with van der Waals surface area (Å²) in [4.78, 5) is 42.8. The summed E-state index contributed by atoms with van der Waals surface area (Å²) in [6.45, 7) is 10.1. The van der Waals surface area contributed by atoms with Crippen LogP contribution < -0.4 is 5.32 Å². The van der Waals surface area contributed by atoms with Gasteiger partial charge >= 0.3 is 18.0 Å². The molecule has 0 bridgehead atoms. The minimum absolute atomic E-state index is 0.0840. The number of carbonyl (C=O) groups excluding carboxylic acids is 3. The number of ether oxygens (including phenoxy) is 4. The maximum Gasteiger partial charge on any atom is 0.407 e. The minimum Gasteiger partial charge on any atom is -0.456 e. The molecule has 0 aromatic rings. The van der Waals surface area contributed by atoms with Crippen molar-refractivity contribution in [2.45, 2.75) is 251 Å². The zero-order valence-corrected chi connectivity index (χ0v) is 39.6. The highest BCUT2D eigenvalue weighted by Gasteiger charge is 2.45. The predicted octanol–water partition coefficient (Wildman–Crippen LogP) is 13.3. The van der Waals surface area contributed by atoms with Gasteiger partial charge in [0.2, 0.25) is 0 Å². The molecule has 9 heteroatoms. The molecule has 348 valence electrons. The zero-order chi connectivity index (χ0) is 43.2. The van der Waals surface area contributed by atoms with Crippen LogP contribution in [-0.4, -0.2) is 81.6 Å². The molecule has 1 rings (SSSR count). The summed E-state index contributed by atoms with van der Waals surface area (Å²) in [6.07, 6.45) is 34.0. The maximum absolute atomic E-state index is 14.1. The fourth-order valence-electron chi connectivity index (χ4n) is 8.26. The molecule has 1 fully saturated rings. The van der Waals surface area contributed by atoms with Crippen LogP contribution in [-0.2, 0) is 28.5 Å². The average Bonchev–Trinajstić information content (AvgIpc) is 3.59. The number of nitrogens with zero attached hydrogens (tertiary/aromatic N) is 1. The zero-order valence-electron chi connectivity index (χ0n) is 39.6. The first-order valence-corrected chi connectivity index (χ1v) is 25.3. The van der Waals surface area contributed by atoms with E-state index in [4.69, 9.17) is 18.9 Å². The van der Waals surface area contributed by atoms with E-state index in [-0.39, 0.29) is 37.0 Å². The van der Waals surface area contributed by atoms with Crippen LogP contribution >= 0.6 is 0 Å². The Bertz CT molecular complexity index is 994. The lowest BCUT2D eigenvalue weighted by Gasteiger charge is -2.27. The normalized spacial score (nSPS) is 17.6. The molecule has 1 heterocycles. The Kier molecular flexibility index (Phi) is 36.5. The number of hydrogen-bond donors (Lipinski definition) is 1. The molecule has 1 aliphatic heterocycles. The van der Waals surface area contributed by atoms with Gasteiger partial charge in [-0.3, -0.25) is 9.59 Å². The van der Waals surface area contributed by atoms with Gasteiger partial charge in [-0.05, 0) is 39.8 Å². The van der Waals surface area contributed by atoms with E-state index in [0.717, 1.165) is 77.0 Å². The summed E-state index contributed by atoms with van der Waals surface area (Å²) in [6, 6.07) is 0. The third-order valence-corrected chi connectivity index (χ3v) is 12.2. The molecular weight excluding hydrogens is 741 g/mol. The van der Waals surface area contributed by atoms with E-state index in [1.165, 1.54) is 128 Å². The molecule has 1 amide bonds. The maximum atomic E-state index is 14.1. The summed E-state index contributed by atoms with van der Waals surface area (Å²) in [5, 5.41) is 2.78. The van der Waals surface area contributed by atoms with E-state index < -0.39 is 24.4 Å². The highest BCUT2D eigenvalue weighted by atomic mass is 16.6. The molecule has 0 aromatic carbocycles. The first-order valence-electron chi connectivity index (χ1n) is 25.3. The Hall–Kier alpha value is -1.87. The second kappa shape index (κ2) is 39.0. The van der Waals surface area contributed by atoms with Crippen molar-refractivity contribution in [2.75, 3.05) is 40.4 Å². The average molecular weight is 837 g/mol. The Labute approximate surface area is 364 Å². The second-order valence-corrected chi connectivity index (χ2v) is 18.1. The van der Waals surface area contributed by atoms with Gasteiger partial charge in [0.1, 0.15) is 12.7 Å². The Morgan fingerprint density at radius 2 is 0.898 bits per heavy atom. The number of unbranched alkanes of at least 4 members (excludes halogenated alkanes) is 24. The SMILES string of the molecule is CCCCCCCCCCC(CCCCCCCC)C(=O)O[C@@H]1[C@@H](OC(=O)C(CCCCCCCC)CCCCCCCCCC)CO[C@@H]1COC(=O)NCCN(C)C. The number of carbonyl (C=O) groups is 3. The van der Waals surface area contributed by atoms with Gasteiger partial charge in [-0.1, -0.05) is 207 Å². The molecule has 0 aliphatic carbocycles. The Balaban J connectivity index is 3.07. The quantitative estimate of drug-likeness (QED) is 0.0369. The molecule has 5 atom stereocenters. The predicted molar refractivity (Wildman–Crippen MR) is 245 cm³/mol. The summed E-state index contributed by atoms with van der Waals surface area (Å²) in [5.41, 5.74) is 0. The smallest absolute Gasteiger partial charge is 0.407 e. The first kappa shape index (κ1) is 55.1. The van der Waals surface area contributed by atoms with Gasteiger partial charge in [0.25, 0.3) is 0 Å². The number of hydrogen-bond acceptors (Lipinski definition) is 8. The highest BCUT2D eigenvalue weighted by Crippen LogP contribution is 2.29. The monoisotopic (exact) mass is 837 g/mol. The Morgan fingerprint density at radius 1 is 0.542 bits per heavy atom. The van der Waals surface area contributed by atoms with Gasteiger partial charge in [-0.15, -0.1) is 0 Å². The molecule has 0 aromatic heterocycles. The van der Waals surface area contributed by atoms with E-state index >= 15 is 0 Å². The first-order chi connectivity index (χ1) is 28.8. The molecule has 1 aliphatic rings. The van der Waals surface area contributed by atoms with Gasteiger partial charge in [0, 0.05) is 13.1 Å². The number of rotatable bonds is 41. The van der Waals surface area contributed by atoms with E-state index in [2.05, 4.69) is 33.0 Å². The van der Waals surface area contributed by atoms with Crippen molar-refractivity contribution >= 4 is 18.0 Å². The molecular formula is C50H96N2O7. The van der Waals surface area contributed by atoms with E-state index in [1.807, 2.05) is 19.0 Å². The number of nitrogens with one attached hydrogen (secondary N) is 1. The van der Waals surface area contributed by atoms with Crippen molar-refractivity contribution in [1.29, 1.82) is 0 Å². The van der Waals surface area contributed by atoms with Gasteiger partial charge < -0.3 is 29.2 Å². The third kappa shape index (κ3) is 29.9. The molecule has 0 saturated carbocycles. The van der Waals surface area contributed by atoms with Gasteiger partial charge in [0.05, 0.1) is 18.4 Å². The van der Waals surface area contributed by atoms with Crippen LogP contribution in [0.3, 0.4) is 0 Å². The van der Waals surface area contributed by atoms with Crippen LogP contribution in [0.15, 0.2) is 0 Å². The van der Waals surface area contributed by atoms with Crippen molar-refractivity contribution in [1.82, 2.24) is 10.2 Å². The fourth-order valence-corrected chi connectivity index (χ4v) is 8.26. The summed E-state index contributed by atoms with van der Waals surface area (Å²) in [5.74, 6) is -0.836. The summed E-state index contributed by atoms with van der Waals surface area (Å²) >= 11 is 0. The van der Waals surface area contributed by atoms with Gasteiger partial charge in [-0.2, -0.15) is 0 Å². The second-order valence-electron chi connectivity index (χ2n) is 18.1. The Morgan fingerprint density at radius 3 is 1.27 bits per heavy atom. The number of alkyl carbamates (subject to hydrolysis) is 1. The van der Waals surface area contributed by atoms with Crippen molar-refractivity contribution in [3.63, 3.8) is 0 Å². The van der Waals surface area contributed by atoms with Crippen LogP contribution in [0.25, 0.3) is 0 Å². The fraction of sp³-hybridized carbons (Fsp3) is 0.940. The number of esters is 2. The lowest BCUT2D eigenvalue weighted by atomic mass is 9.93. The van der Waals surface area contributed by atoms with E-state index in [1.54, 1.807) is 0 Å².